The van der Waals surface area contributed by atoms with Crippen LogP contribution in [0.25, 0.3) is 0 Å². The van der Waals surface area contributed by atoms with Crippen LogP contribution < -0.4 is 11.3 Å². The zero-order chi connectivity index (χ0) is 22.2. The number of amides is 1. The molecule has 0 atom stereocenters. The maximum atomic E-state index is 12.9. The summed E-state index contributed by atoms with van der Waals surface area (Å²) < 4.78 is 1.36. The standard InChI is InChI=1S/C23H29N5O3/c1-22(8-9-22)21(30)27-12-10-23(31,11-13-27)14-28-15-26-19(17(24)20(28)29)18(25-2)16-6-4-3-5-7-16/h3-7,15,31H,8-14,24H2,1-2H3. The summed E-state index contributed by atoms with van der Waals surface area (Å²) in [5, 5.41) is 11.1. The van der Waals surface area contributed by atoms with Crippen molar-refractivity contribution in [3.05, 3.63) is 58.3 Å². The van der Waals surface area contributed by atoms with Gasteiger partial charge in [-0.25, -0.2) is 4.98 Å². The number of carbonyl (C=O) groups excluding carboxylic acids is 1. The summed E-state index contributed by atoms with van der Waals surface area (Å²) in [6.07, 6.45) is 4.11. The summed E-state index contributed by atoms with van der Waals surface area (Å²) in [6, 6.07) is 9.43. The van der Waals surface area contributed by atoms with Crippen molar-refractivity contribution in [2.75, 3.05) is 25.9 Å². The van der Waals surface area contributed by atoms with Crippen molar-refractivity contribution in [2.45, 2.75) is 44.8 Å². The minimum absolute atomic E-state index is 0.00447. The van der Waals surface area contributed by atoms with Crippen molar-refractivity contribution in [3.63, 3.8) is 0 Å². The first kappa shape index (κ1) is 21.2. The number of nitrogens with zero attached hydrogens (tertiary/aromatic N) is 4. The van der Waals surface area contributed by atoms with E-state index in [9.17, 15) is 14.7 Å². The Bertz CT molecular complexity index is 1060. The molecular weight excluding hydrogens is 394 g/mol. The van der Waals surface area contributed by atoms with Gasteiger partial charge in [0.15, 0.2) is 0 Å². The molecule has 2 aromatic rings. The maximum Gasteiger partial charge on any atom is 0.277 e. The number of rotatable bonds is 5. The fraction of sp³-hybridized carbons (Fsp3) is 0.478. The van der Waals surface area contributed by atoms with Gasteiger partial charge in [-0.05, 0) is 25.7 Å². The summed E-state index contributed by atoms with van der Waals surface area (Å²) in [4.78, 5) is 36.0. The molecule has 0 bridgehead atoms. The molecule has 4 rings (SSSR count). The van der Waals surface area contributed by atoms with Crippen LogP contribution in [0.3, 0.4) is 0 Å². The highest BCUT2D eigenvalue weighted by molar-refractivity contribution is 6.14. The lowest BCUT2D eigenvalue weighted by atomic mass is 9.90. The minimum Gasteiger partial charge on any atom is -0.392 e. The van der Waals surface area contributed by atoms with E-state index < -0.39 is 11.2 Å². The minimum atomic E-state index is -1.08. The normalized spacial score (nSPS) is 19.8. The summed E-state index contributed by atoms with van der Waals surface area (Å²) in [7, 11) is 1.63. The van der Waals surface area contributed by atoms with E-state index in [-0.39, 0.29) is 23.6 Å². The van der Waals surface area contributed by atoms with Gasteiger partial charge in [0, 0.05) is 31.1 Å². The molecule has 2 fully saturated rings. The highest BCUT2D eigenvalue weighted by atomic mass is 16.3. The van der Waals surface area contributed by atoms with Crippen molar-refractivity contribution >= 4 is 17.3 Å². The number of hydrogen-bond donors (Lipinski definition) is 2. The van der Waals surface area contributed by atoms with Gasteiger partial charge in [-0.15, -0.1) is 0 Å². The third kappa shape index (κ3) is 4.12. The van der Waals surface area contributed by atoms with Crippen LogP contribution in [-0.4, -0.2) is 56.9 Å². The highest BCUT2D eigenvalue weighted by Gasteiger charge is 2.48. The van der Waals surface area contributed by atoms with Gasteiger partial charge in [-0.1, -0.05) is 37.3 Å². The Hall–Kier alpha value is -3.00. The van der Waals surface area contributed by atoms with Gasteiger partial charge in [0.2, 0.25) is 5.91 Å². The number of carbonyl (C=O) groups is 1. The zero-order valence-corrected chi connectivity index (χ0v) is 18.0. The SMILES string of the molecule is CN=C(c1ccccc1)c1ncn(CC2(O)CCN(C(=O)C3(C)CC3)CC2)c(=O)c1N. The number of aliphatic imine (C=N–C) groups is 1. The van der Waals surface area contributed by atoms with Crippen LogP contribution >= 0.6 is 0 Å². The molecule has 0 spiro atoms. The lowest BCUT2D eigenvalue weighted by Gasteiger charge is -2.39. The van der Waals surface area contributed by atoms with Gasteiger partial charge in [0.1, 0.15) is 11.4 Å². The van der Waals surface area contributed by atoms with E-state index in [1.807, 2.05) is 42.2 Å². The zero-order valence-electron chi connectivity index (χ0n) is 18.0. The van der Waals surface area contributed by atoms with Gasteiger partial charge in [0.25, 0.3) is 5.56 Å². The largest absolute Gasteiger partial charge is 0.392 e. The number of aliphatic hydroxyl groups is 1. The molecule has 8 heteroatoms. The fourth-order valence-corrected chi connectivity index (χ4v) is 4.16. The number of benzene rings is 1. The number of aromatic nitrogens is 2. The molecule has 2 aliphatic rings. The molecule has 1 saturated carbocycles. The van der Waals surface area contributed by atoms with E-state index in [2.05, 4.69) is 9.98 Å². The number of hydrogen-bond acceptors (Lipinski definition) is 6. The van der Waals surface area contributed by atoms with Gasteiger partial charge >= 0.3 is 0 Å². The predicted octanol–water partition coefficient (Wildman–Crippen LogP) is 1.45. The first-order valence-corrected chi connectivity index (χ1v) is 10.7. The maximum absolute atomic E-state index is 12.9. The molecule has 0 radical (unpaired) electrons. The average Bonchev–Trinajstić information content (AvgIpc) is 3.53. The smallest absolute Gasteiger partial charge is 0.277 e. The van der Waals surface area contributed by atoms with Crippen LogP contribution in [0.1, 0.15) is 43.9 Å². The van der Waals surface area contributed by atoms with Crippen LogP contribution in [0.15, 0.2) is 46.4 Å². The Morgan fingerprint density at radius 1 is 1.19 bits per heavy atom. The number of anilines is 1. The van der Waals surface area contributed by atoms with Crippen LogP contribution in [-0.2, 0) is 11.3 Å². The molecule has 1 amide bonds. The monoisotopic (exact) mass is 423 g/mol. The average molecular weight is 424 g/mol. The molecule has 3 N–H and O–H groups in total. The summed E-state index contributed by atoms with van der Waals surface area (Å²) >= 11 is 0. The molecule has 8 nitrogen and oxygen atoms in total. The third-order valence-electron chi connectivity index (χ3n) is 6.53. The number of likely N-dealkylation sites (tertiary alicyclic amines) is 1. The predicted molar refractivity (Wildman–Crippen MR) is 119 cm³/mol. The van der Waals surface area contributed by atoms with E-state index in [0.717, 1.165) is 18.4 Å². The van der Waals surface area contributed by atoms with Crippen LogP contribution in [0, 0.1) is 5.41 Å². The first-order valence-electron chi connectivity index (χ1n) is 10.7. The van der Waals surface area contributed by atoms with Crippen LogP contribution in [0.2, 0.25) is 0 Å². The lowest BCUT2D eigenvalue weighted by molar-refractivity contribution is -0.141. The second-order valence-corrected chi connectivity index (χ2v) is 8.96. The quantitative estimate of drug-likeness (QED) is 0.707. The molecule has 164 valence electrons. The van der Waals surface area contributed by atoms with E-state index >= 15 is 0 Å². The molecule has 1 aromatic carbocycles. The number of nitrogens with two attached hydrogens (primary N) is 1. The Labute approximate surface area is 181 Å². The highest BCUT2D eigenvalue weighted by Crippen LogP contribution is 2.47. The molecule has 31 heavy (non-hydrogen) atoms. The molecule has 1 aliphatic heterocycles. The molecular formula is C23H29N5O3. The topological polar surface area (TPSA) is 114 Å². The van der Waals surface area contributed by atoms with Gasteiger partial charge in [-0.2, -0.15) is 0 Å². The second-order valence-electron chi connectivity index (χ2n) is 8.96. The first-order chi connectivity index (χ1) is 14.8. The van der Waals surface area contributed by atoms with E-state index in [0.29, 0.717) is 37.3 Å². The van der Waals surface area contributed by atoms with Crippen molar-refractivity contribution in [1.29, 1.82) is 0 Å². The molecule has 1 saturated heterocycles. The van der Waals surface area contributed by atoms with Crippen molar-refractivity contribution in [2.24, 2.45) is 10.4 Å². The third-order valence-corrected chi connectivity index (χ3v) is 6.53. The van der Waals surface area contributed by atoms with Gasteiger partial charge in [-0.3, -0.25) is 19.1 Å². The summed E-state index contributed by atoms with van der Waals surface area (Å²) in [5.41, 5.74) is 6.16. The van der Waals surface area contributed by atoms with Crippen LogP contribution in [0.4, 0.5) is 5.69 Å². The van der Waals surface area contributed by atoms with E-state index in [4.69, 9.17) is 5.73 Å². The Morgan fingerprint density at radius 2 is 1.84 bits per heavy atom. The van der Waals surface area contributed by atoms with Crippen molar-refractivity contribution in [3.8, 4) is 0 Å². The molecule has 1 aliphatic carbocycles. The number of nitrogen functional groups attached to an aromatic ring is 1. The summed E-state index contributed by atoms with van der Waals surface area (Å²) in [5.74, 6) is 0.175. The Balaban J connectivity index is 1.50. The van der Waals surface area contributed by atoms with Crippen molar-refractivity contribution in [1.82, 2.24) is 14.5 Å². The molecule has 2 heterocycles. The number of piperidine rings is 1. The van der Waals surface area contributed by atoms with Crippen molar-refractivity contribution < 1.29 is 9.90 Å². The summed E-state index contributed by atoms with van der Waals surface area (Å²) in [6.45, 7) is 3.06. The van der Waals surface area contributed by atoms with E-state index in [1.54, 1.807) is 7.05 Å². The molecule has 1 aromatic heterocycles. The lowest BCUT2D eigenvalue weighted by Crippen LogP contribution is -2.51. The fourth-order valence-electron chi connectivity index (χ4n) is 4.16. The Kier molecular flexibility index (Phi) is 5.43. The Morgan fingerprint density at radius 3 is 2.42 bits per heavy atom. The molecule has 0 unspecified atom stereocenters. The van der Waals surface area contributed by atoms with Crippen LogP contribution in [0.5, 0.6) is 0 Å². The van der Waals surface area contributed by atoms with Gasteiger partial charge in [0.05, 0.1) is 24.2 Å². The van der Waals surface area contributed by atoms with Gasteiger partial charge < -0.3 is 15.7 Å². The van der Waals surface area contributed by atoms with E-state index in [1.165, 1.54) is 10.9 Å². The second kappa shape index (κ2) is 7.92.